The van der Waals surface area contributed by atoms with E-state index >= 15 is 0 Å². The Morgan fingerprint density at radius 2 is 2.00 bits per heavy atom. The molecule has 9 heteroatoms. The predicted octanol–water partition coefficient (Wildman–Crippen LogP) is 1.86. The van der Waals surface area contributed by atoms with Gasteiger partial charge in [0.1, 0.15) is 17.3 Å². The van der Waals surface area contributed by atoms with E-state index in [1.807, 2.05) is 11.8 Å². The molecular formula is C20H20FN7O. The van der Waals surface area contributed by atoms with Gasteiger partial charge in [-0.1, -0.05) is 0 Å². The highest BCUT2D eigenvalue weighted by molar-refractivity contribution is 5.97. The number of nitrogens with zero attached hydrogens (tertiary/aromatic N) is 7. The van der Waals surface area contributed by atoms with Crippen LogP contribution < -0.4 is 4.90 Å². The summed E-state index contributed by atoms with van der Waals surface area (Å²) >= 11 is 0. The molecule has 2 aromatic heterocycles. The third-order valence-electron chi connectivity index (χ3n) is 5.70. The number of anilines is 1. The quantitative estimate of drug-likeness (QED) is 0.676. The van der Waals surface area contributed by atoms with E-state index in [2.05, 4.69) is 25.1 Å². The Bertz CT molecular complexity index is 1050. The summed E-state index contributed by atoms with van der Waals surface area (Å²) in [7, 11) is 0. The van der Waals surface area contributed by atoms with E-state index in [-0.39, 0.29) is 11.9 Å². The number of benzene rings is 1. The zero-order chi connectivity index (χ0) is 20.0. The zero-order valence-electron chi connectivity index (χ0n) is 15.9. The molecule has 2 fully saturated rings. The van der Waals surface area contributed by atoms with Crippen LogP contribution >= 0.6 is 0 Å². The molecule has 3 aromatic rings. The van der Waals surface area contributed by atoms with Crippen molar-refractivity contribution in [2.24, 2.45) is 5.92 Å². The number of fused-ring (bicyclic) bond motifs is 1. The number of carbonyl (C=O) groups excluding carboxylic acids is 1. The van der Waals surface area contributed by atoms with Crippen molar-refractivity contribution in [1.29, 1.82) is 0 Å². The number of piperidine rings is 1. The summed E-state index contributed by atoms with van der Waals surface area (Å²) in [5, 5.41) is 8.12. The molecule has 1 aromatic carbocycles. The Balaban J connectivity index is 1.39. The molecule has 2 unspecified atom stereocenters. The molecule has 4 heterocycles. The van der Waals surface area contributed by atoms with Gasteiger partial charge in [-0.3, -0.25) is 9.78 Å². The summed E-state index contributed by atoms with van der Waals surface area (Å²) in [5.41, 5.74) is 1.61. The average Bonchev–Trinajstić information content (AvgIpc) is 3.23. The Morgan fingerprint density at radius 1 is 1.17 bits per heavy atom. The van der Waals surface area contributed by atoms with E-state index in [1.165, 1.54) is 35.4 Å². The maximum absolute atomic E-state index is 13.8. The van der Waals surface area contributed by atoms with Gasteiger partial charge in [-0.05, 0) is 25.5 Å². The topological polar surface area (TPSA) is 80.0 Å². The molecule has 1 amide bonds. The van der Waals surface area contributed by atoms with E-state index in [9.17, 15) is 9.18 Å². The van der Waals surface area contributed by atoms with Crippen molar-refractivity contribution in [3.8, 4) is 5.69 Å². The van der Waals surface area contributed by atoms with Crippen LogP contribution in [0.15, 0.2) is 43.0 Å². The van der Waals surface area contributed by atoms with Crippen molar-refractivity contribution < 1.29 is 9.18 Å². The number of halogens is 1. The Labute approximate surface area is 167 Å². The van der Waals surface area contributed by atoms with Crippen LogP contribution in [0.3, 0.4) is 0 Å². The first kappa shape index (κ1) is 17.7. The van der Waals surface area contributed by atoms with Crippen LogP contribution in [0.1, 0.15) is 22.5 Å². The molecule has 29 heavy (non-hydrogen) atoms. The van der Waals surface area contributed by atoms with Gasteiger partial charge in [-0.25, -0.2) is 9.37 Å². The number of rotatable bonds is 3. The molecule has 148 valence electrons. The number of aryl methyl sites for hydroxylation is 1. The second-order valence-corrected chi connectivity index (χ2v) is 7.52. The molecule has 0 saturated carbocycles. The third kappa shape index (κ3) is 3.12. The third-order valence-corrected chi connectivity index (χ3v) is 5.70. The highest BCUT2D eigenvalue weighted by Crippen LogP contribution is 2.36. The van der Waals surface area contributed by atoms with Gasteiger partial charge in [-0.15, -0.1) is 0 Å². The van der Waals surface area contributed by atoms with Crippen LogP contribution in [-0.2, 0) is 0 Å². The first-order valence-electron chi connectivity index (χ1n) is 9.61. The van der Waals surface area contributed by atoms with E-state index in [0.29, 0.717) is 30.3 Å². The van der Waals surface area contributed by atoms with Crippen LogP contribution in [0.2, 0.25) is 0 Å². The Morgan fingerprint density at radius 3 is 2.79 bits per heavy atom. The smallest absolute Gasteiger partial charge is 0.256 e. The first-order chi connectivity index (χ1) is 14.1. The number of amides is 1. The number of likely N-dealkylation sites (tertiary alicyclic amines) is 1. The second kappa shape index (κ2) is 6.91. The van der Waals surface area contributed by atoms with Gasteiger partial charge in [-0.2, -0.15) is 15.0 Å². The monoisotopic (exact) mass is 393 g/mol. The van der Waals surface area contributed by atoms with Crippen molar-refractivity contribution in [2.75, 3.05) is 24.5 Å². The van der Waals surface area contributed by atoms with Crippen molar-refractivity contribution in [2.45, 2.75) is 19.4 Å². The van der Waals surface area contributed by atoms with Gasteiger partial charge < -0.3 is 9.80 Å². The van der Waals surface area contributed by atoms with Gasteiger partial charge >= 0.3 is 0 Å². The molecule has 2 saturated heterocycles. The molecule has 0 aliphatic carbocycles. The standard InChI is InChI=1S/C20H20FN7O/c1-13-9-22-10-19(25-13)27-11-14-4-7-26(12-18(14)27)20(29)16-3-2-15(21)8-17(16)28-23-5-6-24-28/h2-3,5-6,8-10,14,18H,4,7,11-12H2,1H3. The molecule has 2 aliphatic heterocycles. The molecule has 2 aliphatic rings. The van der Waals surface area contributed by atoms with Crippen LogP contribution in [0.25, 0.3) is 5.69 Å². The fourth-order valence-electron chi connectivity index (χ4n) is 4.19. The van der Waals surface area contributed by atoms with E-state index in [4.69, 9.17) is 0 Å². The average molecular weight is 393 g/mol. The van der Waals surface area contributed by atoms with E-state index in [1.54, 1.807) is 12.4 Å². The SMILES string of the molecule is Cc1cncc(N2CC3CCN(C(=O)c4ccc(F)cc4-n4nccn4)CC32)n1. The minimum atomic E-state index is -0.434. The number of hydrogen-bond acceptors (Lipinski definition) is 6. The largest absolute Gasteiger partial charge is 0.350 e. The molecule has 0 radical (unpaired) electrons. The van der Waals surface area contributed by atoms with Crippen molar-refractivity contribution >= 4 is 11.7 Å². The molecule has 0 spiro atoms. The summed E-state index contributed by atoms with van der Waals surface area (Å²) in [4.78, 5) is 27.4. The number of hydrogen-bond donors (Lipinski definition) is 0. The minimum Gasteiger partial charge on any atom is -0.350 e. The second-order valence-electron chi connectivity index (χ2n) is 7.52. The van der Waals surface area contributed by atoms with Gasteiger partial charge in [0.2, 0.25) is 0 Å². The lowest BCUT2D eigenvalue weighted by Crippen LogP contribution is -2.65. The van der Waals surface area contributed by atoms with Gasteiger partial charge in [0.25, 0.3) is 5.91 Å². The summed E-state index contributed by atoms with van der Waals surface area (Å²) in [6.07, 6.45) is 7.44. The van der Waals surface area contributed by atoms with Gasteiger partial charge in [0, 0.05) is 37.8 Å². The van der Waals surface area contributed by atoms with Crippen LogP contribution in [0.4, 0.5) is 10.2 Å². The highest BCUT2D eigenvalue weighted by atomic mass is 19.1. The molecular weight excluding hydrogens is 373 g/mol. The molecule has 0 N–H and O–H groups in total. The minimum absolute atomic E-state index is 0.141. The van der Waals surface area contributed by atoms with Gasteiger partial charge in [0.15, 0.2) is 0 Å². The number of carbonyl (C=O) groups is 1. The van der Waals surface area contributed by atoms with Crippen molar-refractivity contribution in [3.63, 3.8) is 0 Å². The fourth-order valence-corrected chi connectivity index (χ4v) is 4.19. The summed E-state index contributed by atoms with van der Waals surface area (Å²) in [5.74, 6) is 0.819. The van der Waals surface area contributed by atoms with Crippen molar-refractivity contribution in [3.05, 3.63) is 60.1 Å². The maximum atomic E-state index is 13.8. The van der Waals surface area contributed by atoms with Crippen molar-refractivity contribution in [1.82, 2.24) is 29.9 Å². The lowest BCUT2D eigenvalue weighted by atomic mass is 9.82. The molecule has 2 atom stereocenters. The lowest BCUT2D eigenvalue weighted by Gasteiger charge is -2.53. The fraction of sp³-hybridized carbons (Fsp3) is 0.350. The zero-order valence-corrected chi connectivity index (χ0v) is 15.9. The molecule has 5 rings (SSSR count). The summed E-state index contributed by atoms with van der Waals surface area (Å²) in [6, 6.07) is 4.31. The normalized spacial score (nSPS) is 20.9. The lowest BCUT2D eigenvalue weighted by molar-refractivity contribution is 0.0590. The molecule has 0 bridgehead atoms. The molecule has 8 nitrogen and oxygen atoms in total. The Hall–Kier alpha value is -3.36. The number of aromatic nitrogens is 5. The Kier molecular flexibility index (Phi) is 4.22. The van der Waals surface area contributed by atoms with Crippen LogP contribution in [0.5, 0.6) is 0 Å². The first-order valence-corrected chi connectivity index (χ1v) is 9.61. The maximum Gasteiger partial charge on any atom is 0.256 e. The highest BCUT2D eigenvalue weighted by Gasteiger charge is 2.44. The van der Waals surface area contributed by atoms with Gasteiger partial charge in [0.05, 0.1) is 35.9 Å². The van der Waals surface area contributed by atoms with Crippen LogP contribution in [-0.4, -0.2) is 61.4 Å². The van der Waals surface area contributed by atoms with E-state index in [0.717, 1.165) is 24.5 Å². The predicted molar refractivity (Wildman–Crippen MR) is 103 cm³/mol. The van der Waals surface area contributed by atoms with E-state index < -0.39 is 5.82 Å². The summed E-state index contributed by atoms with van der Waals surface area (Å²) < 4.78 is 13.8. The van der Waals surface area contributed by atoms with Crippen LogP contribution in [0, 0.1) is 18.7 Å². The summed E-state index contributed by atoms with van der Waals surface area (Å²) in [6.45, 7) is 4.13.